The van der Waals surface area contributed by atoms with Crippen LogP contribution in [-0.4, -0.2) is 47.6 Å². The number of rotatable bonds is 10. The Labute approximate surface area is 295 Å². The number of aliphatic carboxylic acids is 1. The molecule has 0 aliphatic heterocycles. The van der Waals surface area contributed by atoms with E-state index in [1.807, 2.05) is 0 Å². The highest BCUT2D eigenvalue weighted by Gasteiger charge is 2.69. The van der Waals surface area contributed by atoms with Crippen molar-refractivity contribution in [2.24, 2.45) is 50.2 Å². The van der Waals surface area contributed by atoms with E-state index in [4.69, 9.17) is 9.84 Å². The molecule has 5 aliphatic rings. The molecule has 8 nitrogen and oxygen atoms in total. The van der Waals surface area contributed by atoms with E-state index in [1.165, 1.54) is 13.3 Å². The van der Waals surface area contributed by atoms with Gasteiger partial charge in [0.05, 0.1) is 5.41 Å². The molecule has 49 heavy (non-hydrogen) atoms. The average molecular weight is 683 g/mol. The number of hydrogen-bond donors (Lipinski definition) is 3. The fourth-order valence-corrected chi connectivity index (χ4v) is 12.4. The lowest BCUT2D eigenvalue weighted by atomic mass is 9.33. The number of amides is 2. The number of carbonyl (C=O) groups is 4. The second kappa shape index (κ2) is 13.3. The van der Waals surface area contributed by atoms with Crippen LogP contribution in [0.5, 0.6) is 0 Å². The molecular weight excluding hydrogens is 616 g/mol. The largest absolute Gasteiger partial charge is 0.480 e. The van der Waals surface area contributed by atoms with E-state index < -0.39 is 12.0 Å². The van der Waals surface area contributed by atoms with Gasteiger partial charge in [-0.2, -0.15) is 0 Å². The van der Waals surface area contributed by atoms with Crippen LogP contribution in [0.15, 0.2) is 11.6 Å². The van der Waals surface area contributed by atoms with Crippen LogP contribution in [0, 0.1) is 50.2 Å². The molecule has 276 valence electrons. The molecule has 0 radical (unpaired) electrons. The first kappa shape index (κ1) is 37.9. The summed E-state index contributed by atoms with van der Waals surface area (Å²) in [6.45, 7) is 20.8. The lowest BCUT2D eigenvalue weighted by Crippen LogP contribution is -2.65. The summed E-state index contributed by atoms with van der Waals surface area (Å²) in [7, 11) is 0. The lowest BCUT2D eigenvalue weighted by molar-refractivity contribution is -0.212. The number of allylic oxidation sites excluding steroid dienone is 2. The zero-order valence-corrected chi connectivity index (χ0v) is 32.1. The van der Waals surface area contributed by atoms with E-state index in [1.54, 1.807) is 12.5 Å². The minimum Gasteiger partial charge on any atom is -0.480 e. The quantitative estimate of drug-likeness (QED) is 0.122. The molecule has 5 rings (SSSR count). The van der Waals surface area contributed by atoms with Gasteiger partial charge in [0.25, 0.3) is 0 Å². The standard InChI is InChI=1S/C41H66N2O6/c1-26(34(46)47)43-33(45)13-11-10-12-24-42-35(48)41-22-20-36(3,4)25-29(41)28-14-15-31-38(7)18-17-32(49-27(2)44)37(5,6)30(38)16-19-40(31,9)39(28,8)21-23-41/h14,26,29-32H,10-13,15-25H2,1-9H3,(H,42,48)(H,43,45)(H,46,47)/t26-,29-,30-,31+,32-,38-,39+,40+,41-/m0/s1. The third-order valence-corrected chi connectivity index (χ3v) is 15.5. The maximum Gasteiger partial charge on any atom is 0.325 e. The lowest BCUT2D eigenvalue weighted by Gasteiger charge is -2.71. The molecule has 5 aliphatic carbocycles. The van der Waals surface area contributed by atoms with E-state index in [-0.39, 0.29) is 62.3 Å². The number of carbonyl (C=O) groups excluding carboxylic acids is 3. The Morgan fingerprint density at radius 3 is 2.27 bits per heavy atom. The monoisotopic (exact) mass is 682 g/mol. The molecule has 0 spiro atoms. The van der Waals surface area contributed by atoms with Crippen molar-refractivity contribution in [3.63, 3.8) is 0 Å². The van der Waals surface area contributed by atoms with Gasteiger partial charge in [-0.25, -0.2) is 0 Å². The van der Waals surface area contributed by atoms with Crippen LogP contribution >= 0.6 is 0 Å². The number of unbranched alkanes of at least 4 members (excludes halogenated alkanes) is 2. The first-order valence-electron chi connectivity index (χ1n) is 19.4. The number of ether oxygens (including phenoxy) is 1. The Hall–Kier alpha value is -2.38. The molecule has 3 N–H and O–H groups in total. The van der Waals surface area contributed by atoms with E-state index in [2.05, 4.69) is 65.2 Å². The van der Waals surface area contributed by atoms with Crippen molar-refractivity contribution in [2.75, 3.05) is 6.54 Å². The predicted molar refractivity (Wildman–Crippen MR) is 191 cm³/mol. The second-order valence-electron chi connectivity index (χ2n) is 19.0. The fourth-order valence-electron chi connectivity index (χ4n) is 12.4. The van der Waals surface area contributed by atoms with Crippen molar-refractivity contribution in [1.82, 2.24) is 10.6 Å². The van der Waals surface area contributed by atoms with Crippen molar-refractivity contribution in [2.45, 2.75) is 164 Å². The fraction of sp³-hybridized carbons (Fsp3) is 0.854. The van der Waals surface area contributed by atoms with E-state index in [9.17, 15) is 19.2 Å². The molecule has 4 saturated carbocycles. The van der Waals surface area contributed by atoms with E-state index >= 15 is 0 Å². The molecule has 8 heteroatoms. The first-order valence-corrected chi connectivity index (χ1v) is 19.4. The Bertz CT molecular complexity index is 1350. The highest BCUT2D eigenvalue weighted by atomic mass is 16.5. The third-order valence-electron chi connectivity index (χ3n) is 15.5. The number of nitrogens with one attached hydrogen (secondary N) is 2. The SMILES string of the molecule is CC(=O)O[C@H]1CC[C@]2(C)[C@H]3CC=C4[C@@H]5CC(C)(C)CC[C@]5(C(=O)NCCCCCC(=O)N[C@@H](C)C(=O)O)CC[C@@]4(C)[C@]3(C)CC[C@H]2C1(C)C. The number of hydrogen-bond acceptors (Lipinski definition) is 5. The van der Waals surface area contributed by atoms with Gasteiger partial charge in [0, 0.05) is 25.3 Å². The summed E-state index contributed by atoms with van der Waals surface area (Å²) >= 11 is 0. The molecule has 9 atom stereocenters. The first-order chi connectivity index (χ1) is 22.7. The van der Waals surface area contributed by atoms with Crippen molar-refractivity contribution in [3.05, 3.63) is 11.6 Å². The maximum absolute atomic E-state index is 14.4. The molecule has 4 fully saturated rings. The summed E-state index contributed by atoms with van der Waals surface area (Å²) in [4.78, 5) is 49.5. The molecular formula is C41H66N2O6. The van der Waals surface area contributed by atoms with Crippen LogP contribution in [-0.2, 0) is 23.9 Å². The van der Waals surface area contributed by atoms with Crippen molar-refractivity contribution < 1.29 is 29.0 Å². The zero-order valence-electron chi connectivity index (χ0n) is 32.1. The van der Waals surface area contributed by atoms with Gasteiger partial charge in [-0.3, -0.25) is 19.2 Å². The summed E-state index contributed by atoms with van der Waals surface area (Å²) in [6.07, 6.45) is 15.6. The Kier molecular flexibility index (Phi) is 10.3. The van der Waals surface area contributed by atoms with E-state index in [0.717, 1.165) is 70.6 Å². The van der Waals surface area contributed by atoms with Crippen LogP contribution in [0.2, 0.25) is 0 Å². The zero-order chi connectivity index (χ0) is 36.2. The van der Waals surface area contributed by atoms with Gasteiger partial charge in [0.1, 0.15) is 12.1 Å². The van der Waals surface area contributed by atoms with Crippen LogP contribution in [0.25, 0.3) is 0 Å². The summed E-state index contributed by atoms with van der Waals surface area (Å²) in [5.41, 5.74) is 1.67. The summed E-state index contributed by atoms with van der Waals surface area (Å²) in [5, 5.41) is 14.9. The van der Waals surface area contributed by atoms with E-state index in [0.29, 0.717) is 31.2 Å². The van der Waals surface area contributed by atoms with Gasteiger partial charge in [-0.15, -0.1) is 0 Å². The Balaban J connectivity index is 1.32. The minimum absolute atomic E-state index is 0.0249. The summed E-state index contributed by atoms with van der Waals surface area (Å²) < 4.78 is 5.93. The second-order valence-corrected chi connectivity index (χ2v) is 19.0. The van der Waals surface area contributed by atoms with Crippen LogP contribution < -0.4 is 10.6 Å². The van der Waals surface area contributed by atoms with Crippen molar-refractivity contribution in [1.29, 1.82) is 0 Å². The van der Waals surface area contributed by atoms with Gasteiger partial charge < -0.3 is 20.5 Å². The Morgan fingerprint density at radius 1 is 0.898 bits per heavy atom. The number of carboxylic acids is 1. The topological polar surface area (TPSA) is 122 Å². The molecule has 0 bridgehead atoms. The third kappa shape index (κ3) is 6.49. The molecule has 0 saturated heterocycles. The number of fused-ring (bicyclic) bond motifs is 7. The highest BCUT2D eigenvalue weighted by molar-refractivity contribution is 5.84. The van der Waals surface area contributed by atoms with Gasteiger partial charge in [-0.1, -0.05) is 66.5 Å². The van der Waals surface area contributed by atoms with Crippen LogP contribution in [0.4, 0.5) is 0 Å². The van der Waals surface area contributed by atoms with Gasteiger partial charge in [-0.05, 0) is 123 Å². The Morgan fingerprint density at radius 2 is 1.59 bits per heavy atom. The normalized spacial score (nSPS) is 39.4. The molecule has 2 amide bonds. The smallest absolute Gasteiger partial charge is 0.325 e. The average Bonchev–Trinajstić information content (AvgIpc) is 3.00. The predicted octanol–water partition coefficient (Wildman–Crippen LogP) is 7.99. The highest BCUT2D eigenvalue weighted by Crippen LogP contribution is 2.75. The molecule has 0 aromatic carbocycles. The van der Waals surface area contributed by atoms with Gasteiger partial charge in [0.2, 0.25) is 11.8 Å². The summed E-state index contributed by atoms with van der Waals surface area (Å²) in [6, 6.07) is -0.886. The van der Waals surface area contributed by atoms with Gasteiger partial charge >= 0.3 is 11.9 Å². The molecule has 0 aromatic rings. The van der Waals surface area contributed by atoms with Crippen LogP contribution in [0.1, 0.15) is 152 Å². The van der Waals surface area contributed by atoms with Crippen molar-refractivity contribution in [3.8, 4) is 0 Å². The maximum atomic E-state index is 14.4. The summed E-state index contributed by atoms with van der Waals surface area (Å²) in [5.74, 6) is 0.0716. The molecule has 0 unspecified atom stereocenters. The minimum atomic E-state index is -1.04. The van der Waals surface area contributed by atoms with Gasteiger partial charge in [0.15, 0.2) is 0 Å². The number of carboxylic acid groups (broad SMARTS) is 1. The van der Waals surface area contributed by atoms with Crippen LogP contribution in [0.3, 0.4) is 0 Å². The molecule has 0 heterocycles. The van der Waals surface area contributed by atoms with Crippen molar-refractivity contribution >= 4 is 23.8 Å². The molecule has 0 aromatic heterocycles. The number of esters is 1.